The summed E-state index contributed by atoms with van der Waals surface area (Å²) in [5.41, 5.74) is 2.12. The zero-order chi connectivity index (χ0) is 16.9. The quantitative estimate of drug-likeness (QED) is 0.911. The molecule has 0 aliphatic carbocycles. The van der Waals surface area contributed by atoms with Gasteiger partial charge in [0.25, 0.3) is 0 Å². The van der Waals surface area contributed by atoms with Crippen molar-refractivity contribution in [1.29, 1.82) is 5.26 Å². The zero-order valence-electron chi connectivity index (χ0n) is 12.8. The minimum atomic E-state index is -0.365. The van der Waals surface area contributed by atoms with Crippen LogP contribution in [0.25, 0.3) is 0 Å². The summed E-state index contributed by atoms with van der Waals surface area (Å²) in [6.07, 6.45) is 0. The first kappa shape index (κ1) is 16.0. The molecular formula is C18H16FN3O2. The van der Waals surface area contributed by atoms with Gasteiger partial charge >= 0.3 is 6.03 Å². The Bertz CT molecular complexity index is 753. The highest BCUT2D eigenvalue weighted by molar-refractivity contribution is 5.89. The zero-order valence-corrected chi connectivity index (χ0v) is 12.8. The van der Waals surface area contributed by atoms with E-state index in [0.717, 1.165) is 5.56 Å². The summed E-state index contributed by atoms with van der Waals surface area (Å²) in [6, 6.07) is 14.4. The second-order valence-electron chi connectivity index (χ2n) is 5.59. The molecule has 0 bridgehead atoms. The molecule has 1 aliphatic heterocycles. The SMILES string of the molecule is N#Cc1ccc([C@H]2COC[C@H]2NC(=O)Nc2ccc(F)cc2)cc1. The van der Waals surface area contributed by atoms with Gasteiger partial charge in [0.05, 0.1) is 30.9 Å². The predicted molar refractivity (Wildman–Crippen MR) is 87.1 cm³/mol. The Balaban J connectivity index is 1.63. The van der Waals surface area contributed by atoms with Crippen molar-refractivity contribution in [1.82, 2.24) is 5.32 Å². The smallest absolute Gasteiger partial charge is 0.319 e. The van der Waals surface area contributed by atoms with Crippen molar-refractivity contribution in [3.8, 4) is 6.07 Å². The van der Waals surface area contributed by atoms with Crippen LogP contribution in [0.4, 0.5) is 14.9 Å². The highest BCUT2D eigenvalue weighted by Gasteiger charge is 2.30. The third-order valence-corrected chi connectivity index (χ3v) is 3.97. The van der Waals surface area contributed by atoms with Crippen LogP contribution in [0.5, 0.6) is 0 Å². The van der Waals surface area contributed by atoms with E-state index in [0.29, 0.717) is 24.5 Å². The van der Waals surface area contributed by atoms with Crippen molar-refractivity contribution in [2.75, 3.05) is 18.5 Å². The molecule has 2 aromatic rings. The lowest BCUT2D eigenvalue weighted by atomic mass is 9.94. The van der Waals surface area contributed by atoms with Gasteiger partial charge < -0.3 is 15.4 Å². The largest absolute Gasteiger partial charge is 0.379 e. The number of nitrogens with zero attached hydrogens (tertiary/aromatic N) is 1. The van der Waals surface area contributed by atoms with Crippen LogP contribution >= 0.6 is 0 Å². The second-order valence-corrected chi connectivity index (χ2v) is 5.59. The summed E-state index contributed by atoms with van der Waals surface area (Å²) in [6.45, 7) is 0.925. The monoisotopic (exact) mass is 325 g/mol. The molecule has 2 N–H and O–H groups in total. The maximum absolute atomic E-state index is 12.9. The first-order valence-corrected chi connectivity index (χ1v) is 7.56. The Morgan fingerprint density at radius 2 is 1.83 bits per heavy atom. The molecule has 24 heavy (non-hydrogen) atoms. The highest BCUT2D eigenvalue weighted by Crippen LogP contribution is 2.26. The molecule has 0 aromatic heterocycles. The Hall–Kier alpha value is -2.91. The summed E-state index contributed by atoms with van der Waals surface area (Å²) in [5, 5.41) is 14.4. The average Bonchev–Trinajstić information content (AvgIpc) is 3.05. The lowest BCUT2D eigenvalue weighted by Crippen LogP contribution is -2.41. The number of halogens is 1. The van der Waals surface area contributed by atoms with Gasteiger partial charge in [-0.15, -0.1) is 0 Å². The van der Waals surface area contributed by atoms with E-state index in [1.54, 1.807) is 12.1 Å². The Kier molecular flexibility index (Phi) is 4.73. The van der Waals surface area contributed by atoms with Gasteiger partial charge in [0.2, 0.25) is 0 Å². The molecule has 0 radical (unpaired) electrons. The van der Waals surface area contributed by atoms with E-state index in [9.17, 15) is 9.18 Å². The van der Waals surface area contributed by atoms with Gasteiger partial charge in [-0.25, -0.2) is 9.18 Å². The summed E-state index contributed by atoms with van der Waals surface area (Å²) in [7, 11) is 0. The van der Waals surface area contributed by atoms with Gasteiger partial charge in [-0.05, 0) is 42.0 Å². The van der Waals surface area contributed by atoms with Crippen molar-refractivity contribution >= 4 is 11.7 Å². The van der Waals surface area contributed by atoms with Crippen LogP contribution in [-0.2, 0) is 4.74 Å². The van der Waals surface area contributed by atoms with Gasteiger partial charge in [-0.3, -0.25) is 0 Å². The molecule has 1 aliphatic rings. The van der Waals surface area contributed by atoms with E-state index >= 15 is 0 Å². The van der Waals surface area contributed by atoms with Gasteiger partial charge in [0.15, 0.2) is 0 Å². The van der Waals surface area contributed by atoms with Crippen LogP contribution in [0.1, 0.15) is 17.0 Å². The fraction of sp³-hybridized carbons (Fsp3) is 0.222. The average molecular weight is 325 g/mol. The lowest BCUT2D eigenvalue weighted by Gasteiger charge is -2.20. The number of rotatable bonds is 3. The first-order chi connectivity index (χ1) is 11.7. The number of ether oxygens (including phenoxy) is 1. The fourth-order valence-electron chi connectivity index (χ4n) is 2.70. The maximum Gasteiger partial charge on any atom is 0.319 e. The number of carbonyl (C=O) groups excluding carboxylic acids is 1. The van der Waals surface area contributed by atoms with Crippen molar-refractivity contribution in [2.45, 2.75) is 12.0 Å². The van der Waals surface area contributed by atoms with Crippen LogP contribution in [0.15, 0.2) is 48.5 Å². The summed E-state index contributed by atoms with van der Waals surface area (Å²) in [5.74, 6) is -0.331. The van der Waals surface area contributed by atoms with Crippen LogP contribution < -0.4 is 10.6 Å². The van der Waals surface area contributed by atoms with E-state index in [4.69, 9.17) is 10.00 Å². The van der Waals surface area contributed by atoms with E-state index in [-0.39, 0.29) is 23.8 Å². The lowest BCUT2D eigenvalue weighted by molar-refractivity contribution is 0.187. The van der Waals surface area contributed by atoms with Crippen molar-refractivity contribution in [2.24, 2.45) is 0 Å². The van der Waals surface area contributed by atoms with Crippen LogP contribution in [0, 0.1) is 17.1 Å². The number of anilines is 1. The molecule has 122 valence electrons. The van der Waals surface area contributed by atoms with E-state index in [2.05, 4.69) is 16.7 Å². The number of benzene rings is 2. The number of hydrogen-bond acceptors (Lipinski definition) is 3. The predicted octanol–water partition coefficient (Wildman–Crippen LogP) is 3.00. The molecule has 2 atom stereocenters. The molecule has 0 saturated carbocycles. The summed E-state index contributed by atoms with van der Waals surface area (Å²) in [4.78, 5) is 12.1. The molecule has 1 heterocycles. The molecule has 6 heteroatoms. The number of hydrogen-bond donors (Lipinski definition) is 2. The number of amides is 2. The molecule has 5 nitrogen and oxygen atoms in total. The summed E-state index contributed by atoms with van der Waals surface area (Å²) >= 11 is 0. The molecule has 1 saturated heterocycles. The van der Waals surface area contributed by atoms with Crippen LogP contribution in [-0.4, -0.2) is 25.3 Å². The van der Waals surface area contributed by atoms with Gasteiger partial charge in [0, 0.05) is 11.6 Å². The molecule has 0 unspecified atom stereocenters. The van der Waals surface area contributed by atoms with Crippen LogP contribution in [0.3, 0.4) is 0 Å². The molecule has 2 aromatic carbocycles. The normalized spacial score (nSPS) is 19.5. The van der Waals surface area contributed by atoms with Gasteiger partial charge in [-0.2, -0.15) is 5.26 Å². The number of urea groups is 1. The standard InChI is InChI=1S/C18H16FN3O2/c19-14-5-7-15(8-6-14)21-18(23)22-17-11-24-10-16(17)13-3-1-12(9-20)2-4-13/h1-8,16-17H,10-11H2,(H2,21,22,23)/t16-,17-/m1/s1. The van der Waals surface area contributed by atoms with E-state index < -0.39 is 0 Å². The molecule has 0 spiro atoms. The topological polar surface area (TPSA) is 74.1 Å². The van der Waals surface area contributed by atoms with E-state index in [1.807, 2.05) is 12.1 Å². The number of nitrogens with one attached hydrogen (secondary N) is 2. The van der Waals surface area contributed by atoms with Crippen molar-refractivity contribution in [3.63, 3.8) is 0 Å². The molecule has 2 amide bonds. The Morgan fingerprint density at radius 3 is 2.50 bits per heavy atom. The highest BCUT2D eigenvalue weighted by atomic mass is 19.1. The van der Waals surface area contributed by atoms with Crippen molar-refractivity contribution < 1.29 is 13.9 Å². The molecule has 1 fully saturated rings. The second kappa shape index (κ2) is 7.11. The Morgan fingerprint density at radius 1 is 1.12 bits per heavy atom. The Labute approximate surface area is 139 Å². The molecular weight excluding hydrogens is 309 g/mol. The minimum absolute atomic E-state index is 0.0247. The minimum Gasteiger partial charge on any atom is -0.379 e. The third kappa shape index (κ3) is 3.70. The number of nitriles is 1. The fourth-order valence-corrected chi connectivity index (χ4v) is 2.70. The van der Waals surface area contributed by atoms with Gasteiger partial charge in [-0.1, -0.05) is 12.1 Å². The van der Waals surface area contributed by atoms with Crippen LogP contribution in [0.2, 0.25) is 0 Å². The van der Waals surface area contributed by atoms with Crippen molar-refractivity contribution in [3.05, 3.63) is 65.5 Å². The third-order valence-electron chi connectivity index (χ3n) is 3.97. The molecule has 3 rings (SSSR count). The summed E-state index contributed by atoms with van der Waals surface area (Å²) < 4.78 is 18.4. The first-order valence-electron chi connectivity index (χ1n) is 7.56. The number of carbonyl (C=O) groups is 1. The van der Waals surface area contributed by atoms with E-state index in [1.165, 1.54) is 24.3 Å². The van der Waals surface area contributed by atoms with Gasteiger partial charge in [0.1, 0.15) is 5.82 Å². The maximum atomic E-state index is 12.9.